The van der Waals surface area contributed by atoms with Crippen molar-refractivity contribution in [2.24, 2.45) is 5.92 Å². The fourth-order valence-corrected chi connectivity index (χ4v) is 2.36. The van der Waals surface area contributed by atoms with E-state index in [0.717, 1.165) is 38.6 Å². The van der Waals surface area contributed by atoms with Crippen LogP contribution in [0.3, 0.4) is 0 Å². The zero-order valence-electron chi connectivity index (χ0n) is 11.8. The second kappa shape index (κ2) is 9.00. The maximum atomic E-state index is 5.90. The molecule has 0 saturated carbocycles. The van der Waals surface area contributed by atoms with Gasteiger partial charge in [0.1, 0.15) is 0 Å². The molecule has 0 amide bonds. The summed E-state index contributed by atoms with van der Waals surface area (Å²) >= 11 is 0. The molecule has 0 radical (unpaired) electrons. The van der Waals surface area contributed by atoms with Crippen molar-refractivity contribution < 1.29 is 9.47 Å². The highest BCUT2D eigenvalue weighted by Gasteiger charge is 2.37. The monoisotopic (exact) mass is 230 g/mol. The molecule has 2 aliphatic heterocycles. The minimum atomic E-state index is 0.204. The zero-order valence-corrected chi connectivity index (χ0v) is 11.8. The lowest BCUT2D eigenvalue weighted by Crippen LogP contribution is -2.43. The smallest absolute Gasteiger partial charge is 0.0728 e. The first-order chi connectivity index (χ1) is 7.81. The van der Waals surface area contributed by atoms with E-state index in [1.807, 2.05) is 27.7 Å². The molecule has 0 N–H and O–H groups in total. The van der Waals surface area contributed by atoms with Gasteiger partial charge in [0.15, 0.2) is 0 Å². The van der Waals surface area contributed by atoms with Crippen molar-refractivity contribution in [3.8, 4) is 0 Å². The molecule has 0 aromatic heterocycles. The first-order valence-electron chi connectivity index (χ1n) is 7.02. The van der Waals surface area contributed by atoms with Gasteiger partial charge in [-0.25, -0.2) is 0 Å². The van der Waals surface area contributed by atoms with E-state index in [1.54, 1.807) is 0 Å². The van der Waals surface area contributed by atoms with E-state index in [0.29, 0.717) is 0 Å². The Hall–Kier alpha value is -0.0800. The van der Waals surface area contributed by atoms with Crippen molar-refractivity contribution in [2.75, 3.05) is 19.8 Å². The number of ether oxygens (including phenoxy) is 2. The van der Waals surface area contributed by atoms with Gasteiger partial charge in [0.25, 0.3) is 0 Å². The van der Waals surface area contributed by atoms with Crippen molar-refractivity contribution in [3.05, 3.63) is 0 Å². The van der Waals surface area contributed by atoms with Crippen LogP contribution in [0.2, 0.25) is 0 Å². The molecule has 0 aromatic carbocycles. The molecular weight excluding hydrogens is 200 g/mol. The normalized spacial score (nSPS) is 27.2. The van der Waals surface area contributed by atoms with Gasteiger partial charge >= 0.3 is 0 Å². The molecule has 1 atom stereocenters. The Morgan fingerprint density at radius 3 is 2.00 bits per heavy atom. The van der Waals surface area contributed by atoms with Crippen molar-refractivity contribution in [1.82, 2.24) is 0 Å². The van der Waals surface area contributed by atoms with Crippen LogP contribution in [0.25, 0.3) is 0 Å². The zero-order chi connectivity index (χ0) is 12.4. The molecule has 2 rings (SSSR count). The second-order valence-electron chi connectivity index (χ2n) is 4.24. The number of hydrogen-bond donors (Lipinski definition) is 0. The summed E-state index contributed by atoms with van der Waals surface area (Å²) in [5.41, 5.74) is 0.204. The van der Waals surface area contributed by atoms with E-state index in [2.05, 4.69) is 6.92 Å². The average Bonchev–Trinajstić information content (AvgIpc) is 2.35. The Kier molecular flexibility index (Phi) is 8.96. The molecule has 0 bridgehead atoms. The topological polar surface area (TPSA) is 18.5 Å². The van der Waals surface area contributed by atoms with Crippen LogP contribution in [-0.4, -0.2) is 25.4 Å². The van der Waals surface area contributed by atoms with E-state index < -0.39 is 0 Å². The van der Waals surface area contributed by atoms with E-state index in [9.17, 15) is 0 Å². The first-order valence-corrected chi connectivity index (χ1v) is 7.02. The van der Waals surface area contributed by atoms with E-state index in [-0.39, 0.29) is 5.60 Å². The van der Waals surface area contributed by atoms with Gasteiger partial charge in [0.2, 0.25) is 0 Å². The summed E-state index contributed by atoms with van der Waals surface area (Å²) in [6.45, 7) is 13.1. The van der Waals surface area contributed by atoms with Crippen LogP contribution >= 0.6 is 0 Å². The first kappa shape index (κ1) is 15.9. The molecule has 1 unspecified atom stereocenters. The quantitative estimate of drug-likeness (QED) is 0.625. The Balaban J connectivity index is 0.000000509. The van der Waals surface area contributed by atoms with Gasteiger partial charge in [-0.1, -0.05) is 34.6 Å². The fourth-order valence-electron chi connectivity index (χ4n) is 2.36. The van der Waals surface area contributed by atoms with Gasteiger partial charge in [-0.2, -0.15) is 0 Å². The summed E-state index contributed by atoms with van der Waals surface area (Å²) in [5.74, 6) is 0.844. The molecular formula is C14H30O2. The van der Waals surface area contributed by atoms with E-state index >= 15 is 0 Å². The van der Waals surface area contributed by atoms with Gasteiger partial charge in [-0.05, 0) is 31.6 Å². The molecule has 16 heavy (non-hydrogen) atoms. The van der Waals surface area contributed by atoms with Gasteiger partial charge in [0.05, 0.1) is 5.60 Å². The Labute approximate surface area is 102 Å². The Morgan fingerprint density at radius 2 is 1.50 bits per heavy atom. The molecule has 2 heterocycles. The van der Waals surface area contributed by atoms with Crippen molar-refractivity contribution >= 4 is 0 Å². The van der Waals surface area contributed by atoms with Crippen LogP contribution in [0, 0.1) is 5.92 Å². The largest absolute Gasteiger partial charge is 0.381 e. The summed E-state index contributed by atoms with van der Waals surface area (Å²) in [7, 11) is 0. The third-order valence-corrected chi connectivity index (χ3v) is 3.14. The summed E-state index contributed by atoms with van der Waals surface area (Å²) in [6, 6.07) is 0. The maximum absolute atomic E-state index is 5.90. The van der Waals surface area contributed by atoms with Gasteiger partial charge in [0, 0.05) is 19.8 Å². The van der Waals surface area contributed by atoms with Crippen LogP contribution in [0.1, 0.15) is 60.3 Å². The Morgan fingerprint density at radius 1 is 0.938 bits per heavy atom. The molecule has 2 heteroatoms. The molecule has 2 fully saturated rings. The fraction of sp³-hybridized carbons (Fsp3) is 1.00. The number of hydrogen-bond acceptors (Lipinski definition) is 2. The van der Waals surface area contributed by atoms with Crippen molar-refractivity contribution in [3.63, 3.8) is 0 Å². The van der Waals surface area contributed by atoms with E-state index in [1.165, 1.54) is 12.8 Å². The van der Waals surface area contributed by atoms with Crippen LogP contribution in [0.15, 0.2) is 0 Å². The summed E-state index contributed by atoms with van der Waals surface area (Å²) in [4.78, 5) is 0. The third kappa shape index (κ3) is 4.84. The molecule has 2 aliphatic rings. The average molecular weight is 230 g/mol. The summed E-state index contributed by atoms with van der Waals surface area (Å²) in [5, 5.41) is 0. The van der Waals surface area contributed by atoms with Gasteiger partial charge < -0.3 is 9.47 Å². The highest BCUT2D eigenvalue weighted by molar-refractivity contribution is 4.87. The van der Waals surface area contributed by atoms with Crippen molar-refractivity contribution in [1.29, 1.82) is 0 Å². The second-order valence-corrected chi connectivity index (χ2v) is 4.24. The number of rotatable bonds is 0. The maximum Gasteiger partial charge on any atom is 0.0728 e. The SMILES string of the molecule is CC.CC.CC1CCOC2(CCOCC2)C1. The predicted molar refractivity (Wildman–Crippen MR) is 69.8 cm³/mol. The molecule has 1 spiro atoms. The molecule has 0 aromatic rings. The minimum absolute atomic E-state index is 0.204. The predicted octanol–water partition coefficient (Wildman–Crippen LogP) is 4.03. The van der Waals surface area contributed by atoms with Gasteiger partial charge in [-0.15, -0.1) is 0 Å². The molecule has 0 aliphatic carbocycles. The van der Waals surface area contributed by atoms with Crippen LogP contribution < -0.4 is 0 Å². The van der Waals surface area contributed by atoms with E-state index in [4.69, 9.17) is 9.47 Å². The van der Waals surface area contributed by atoms with Crippen LogP contribution in [0.5, 0.6) is 0 Å². The molecule has 2 nitrogen and oxygen atoms in total. The highest BCUT2D eigenvalue weighted by Crippen LogP contribution is 2.36. The lowest BCUT2D eigenvalue weighted by atomic mass is 9.82. The lowest BCUT2D eigenvalue weighted by Gasteiger charge is -2.42. The summed E-state index contributed by atoms with van der Waals surface area (Å²) in [6.07, 6.45) is 4.70. The van der Waals surface area contributed by atoms with Crippen LogP contribution in [-0.2, 0) is 9.47 Å². The minimum Gasteiger partial charge on any atom is -0.381 e. The highest BCUT2D eigenvalue weighted by atomic mass is 16.5. The van der Waals surface area contributed by atoms with Crippen molar-refractivity contribution in [2.45, 2.75) is 65.9 Å². The molecule has 98 valence electrons. The summed E-state index contributed by atoms with van der Waals surface area (Å²) < 4.78 is 11.2. The van der Waals surface area contributed by atoms with Gasteiger partial charge in [-0.3, -0.25) is 0 Å². The molecule has 2 saturated heterocycles. The standard InChI is InChI=1S/C10H18O2.2C2H6/c1-9-2-5-12-10(8-9)3-6-11-7-4-10;2*1-2/h9H,2-8H2,1H3;2*1-2H3. The van der Waals surface area contributed by atoms with Crippen LogP contribution in [0.4, 0.5) is 0 Å². The third-order valence-electron chi connectivity index (χ3n) is 3.14. The Bertz CT molecular complexity index is 145. The lowest BCUT2D eigenvalue weighted by molar-refractivity contribution is -0.144.